The Balaban J connectivity index is 1.69. The number of unbranched alkanes of at least 4 members (excludes halogenated alkanes) is 1. The van der Waals surface area contributed by atoms with E-state index >= 15 is 0 Å². The maximum Gasteiger partial charge on any atom is 0.241 e. The number of thiazole rings is 1. The van der Waals surface area contributed by atoms with Gasteiger partial charge in [0.05, 0.1) is 10.7 Å². The summed E-state index contributed by atoms with van der Waals surface area (Å²) in [5, 5.41) is 16.4. The van der Waals surface area contributed by atoms with E-state index in [1.165, 1.54) is 4.88 Å². The number of aromatic nitrogens is 1. The van der Waals surface area contributed by atoms with Gasteiger partial charge in [0.1, 0.15) is 11.5 Å². The predicted octanol–water partition coefficient (Wildman–Crippen LogP) is 5.73. The third-order valence-electron chi connectivity index (χ3n) is 5.42. The molecular weight excluding hydrogens is 460 g/mol. The lowest BCUT2D eigenvalue weighted by atomic mass is 10.1. The molecule has 1 aromatic heterocycles. The molecule has 0 radical (unpaired) electrons. The Hall–Kier alpha value is -3.10. The largest absolute Gasteiger partial charge is 0.455 e. The van der Waals surface area contributed by atoms with Crippen molar-refractivity contribution in [2.24, 2.45) is 10.9 Å². The van der Waals surface area contributed by atoms with Crippen LogP contribution in [0.15, 0.2) is 53.7 Å². The molecule has 1 atom stereocenters. The van der Waals surface area contributed by atoms with E-state index in [4.69, 9.17) is 25.4 Å². The number of ether oxygens (including phenoxy) is 2. The number of rotatable bonds is 13. The molecule has 188 valence electrons. The lowest BCUT2D eigenvalue weighted by Gasteiger charge is -2.21. The van der Waals surface area contributed by atoms with E-state index in [9.17, 15) is 0 Å². The van der Waals surface area contributed by atoms with Crippen LogP contribution < -0.4 is 20.5 Å². The van der Waals surface area contributed by atoms with Gasteiger partial charge in [-0.25, -0.2) is 4.98 Å². The van der Waals surface area contributed by atoms with Gasteiger partial charge in [-0.3, -0.25) is 0 Å². The van der Waals surface area contributed by atoms with Crippen LogP contribution in [0.1, 0.15) is 55.5 Å². The fourth-order valence-electron chi connectivity index (χ4n) is 3.61. The van der Waals surface area contributed by atoms with Gasteiger partial charge in [0.25, 0.3) is 0 Å². The summed E-state index contributed by atoms with van der Waals surface area (Å²) in [7, 11) is 0. The number of hydrogen-bond donors (Lipinski definition) is 3. The molecule has 1 unspecified atom stereocenters. The number of nitrogens with one attached hydrogen (secondary N) is 1. The molecule has 3 aromatic rings. The van der Waals surface area contributed by atoms with Crippen LogP contribution in [0.25, 0.3) is 11.3 Å². The highest BCUT2D eigenvalue weighted by Crippen LogP contribution is 2.30. The van der Waals surface area contributed by atoms with E-state index in [0.29, 0.717) is 17.4 Å². The third kappa shape index (κ3) is 7.97. The van der Waals surface area contributed by atoms with Crippen molar-refractivity contribution < 1.29 is 14.7 Å². The summed E-state index contributed by atoms with van der Waals surface area (Å²) in [6.07, 6.45) is 3.32. The fourth-order valence-corrected chi connectivity index (χ4v) is 4.57. The van der Waals surface area contributed by atoms with E-state index in [1.54, 1.807) is 35.6 Å². The highest BCUT2D eigenvalue weighted by molar-refractivity contribution is 7.12. The molecule has 0 fully saturated rings. The lowest BCUT2D eigenvalue weighted by Crippen LogP contribution is -2.24. The Morgan fingerprint density at radius 1 is 1.09 bits per heavy atom. The molecule has 0 aliphatic carbocycles. The first-order chi connectivity index (χ1) is 16.9. The zero-order valence-electron chi connectivity index (χ0n) is 21.0. The molecule has 0 bridgehead atoms. The number of nitrogens with two attached hydrogens (primary N) is 1. The van der Waals surface area contributed by atoms with Gasteiger partial charge in [-0.2, -0.15) is 0 Å². The Morgan fingerprint density at radius 2 is 1.71 bits per heavy atom. The molecule has 1 heterocycles. The number of oxime groups is 1. The van der Waals surface area contributed by atoms with Gasteiger partial charge >= 0.3 is 0 Å². The van der Waals surface area contributed by atoms with Crippen molar-refractivity contribution >= 4 is 17.2 Å². The Kier molecular flexibility index (Phi) is 9.93. The summed E-state index contributed by atoms with van der Waals surface area (Å²) in [6.45, 7) is 9.45. The van der Waals surface area contributed by atoms with Gasteiger partial charge in [-0.1, -0.05) is 32.3 Å². The minimum absolute atomic E-state index is 0.0603. The van der Waals surface area contributed by atoms with Crippen LogP contribution in [0, 0.1) is 6.92 Å². The quantitative estimate of drug-likeness (QED) is 0.0919. The summed E-state index contributed by atoms with van der Waals surface area (Å²) < 4.78 is 12.3. The number of hydrogen-bond acceptors (Lipinski definition) is 7. The Labute approximate surface area is 212 Å². The van der Waals surface area contributed by atoms with Gasteiger partial charge in [0.2, 0.25) is 6.29 Å². The first kappa shape index (κ1) is 26.5. The summed E-state index contributed by atoms with van der Waals surface area (Å²) in [5.74, 6) is 1.47. The molecule has 0 aliphatic heterocycles. The van der Waals surface area contributed by atoms with E-state index in [-0.39, 0.29) is 5.84 Å². The Bertz CT molecular complexity index is 1080. The van der Waals surface area contributed by atoms with Crippen molar-refractivity contribution in [2.45, 2.75) is 65.7 Å². The first-order valence-corrected chi connectivity index (χ1v) is 12.9. The average Bonchev–Trinajstić information content (AvgIpc) is 3.23. The SMILES string of the molecule is CCCCC(Oc1ccc(C(N)=NO)cc1)Oc1ccc(-c2nc(C)sc2CCNC(C)C)cc1. The highest BCUT2D eigenvalue weighted by Gasteiger charge is 2.15. The maximum absolute atomic E-state index is 8.84. The first-order valence-electron chi connectivity index (χ1n) is 12.1. The van der Waals surface area contributed by atoms with E-state index < -0.39 is 6.29 Å². The van der Waals surface area contributed by atoms with Gasteiger partial charge in [0, 0.05) is 35.0 Å². The molecule has 4 N–H and O–H groups in total. The van der Waals surface area contributed by atoms with Crippen LogP contribution in [0.5, 0.6) is 11.5 Å². The average molecular weight is 497 g/mol. The van der Waals surface area contributed by atoms with Gasteiger partial charge < -0.3 is 25.7 Å². The second kappa shape index (κ2) is 13.1. The molecule has 0 spiro atoms. The second-order valence-electron chi connectivity index (χ2n) is 8.70. The molecule has 0 amide bonds. The van der Waals surface area contributed by atoms with Crippen LogP contribution in [0.3, 0.4) is 0 Å². The number of benzene rings is 2. The smallest absolute Gasteiger partial charge is 0.241 e. The minimum atomic E-state index is -0.422. The van der Waals surface area contributed by atoms with Crippen molar-refractivity contribution in [3.63, 3.8) is 0 Å². The molecule has 7 nitrogen and oxygen atoms in total. The van der Waals surface area contributed by atoms with Crippen molar-refractivity contribution in [3.8, 4) is 22.8 Å². The zero-order valence-corrected chi connectivity index (χ0v) is 21.8. The van der Waals surface area contributed by atoms with Crippen molar-refractivity contribution in [1.29, 1.82) is 0 Å². The molecule has 0 saturated heterocycles. The van der Waals surface area contributed by atoms with Crippen molar-refractivity contribution in [2.75, 3.05) is 6.54 Å². The predicted molar refractivity (Wildman–Crippen MR) is 143 cm³/mol. The lowest BCUT2D eigenvalue weighted by molar-refractivity contribution is -0.00211. The normalized spacial score (nSPS) is 12.7. The summed E-state index contributed by atoms with van der Waals surface area (Å²) in [5.41, 5.74) is 8.40. The van der Waals surface area contributed by atoms with E-state index in [1.807, 2.05) is 12.1 Å². The second-order valence-corrected chi connectivity index (χ2v) is 9.99. The summed E-state index contributed by atoms with van der Waals surface area (Å²) >= 11 is 1.76. The third-order valence-corrected chi connectivity index (χ3v) is 6.45. The topological polar surface area (TPSA) is 102 Å². The van der Waals surface area contributed by atoms with Crippen LogP contribution >= 0.6 is 11.3 Å². The molecule has 2 aromatic carbocycles. The Morgan fingerprint density at radius 3 is 2.29 bits per heavy atom. The molecule has 35 heavy (non-hydrogen) atoms. The molecule has 3 rings (SSSR count). The van der Waals surface area contributed by atoms with Gasteiger partial charge in [-0.05, 0) is 68.3 Å². The van der Waals surface area contributed by atoms with Gasteiger partial charge in [0.15, 0.2) is 5.84 Å². The van der Waals surface area contributed by atoms with Crippen LogP contribution in [0.4, 0.5) is 0 Å². The van der Waals surface area contributed by atoms with E-state index in [0.717, 1.165) is 54.2 Å². The van der Waals surface area contributed by atoms with Crippen molar-refractivity contribution in [1.82, 2.24) is 10.3 Å². The fraction of sp³-hybridized carbons (Fsp3) is 0.407. The van der Waals surface area contributed by atoms with Crippen LogP contribution in [0.2, 0.25) is 0 Å². The molecule has 0 saturated carbocycles. The molecule has 0 aliphatic rings. The summed E-state index contributed by atoms with van der Waals surface area (Å²) in [6, 6.07) is 15.6. The molecule has 8 heteroatoms. The van der Waals surface area contributed by atoms with E-state index in [2.05, 4.69) is 50.3 Å². The van der Waals surface area contributed by atoms with Crippen LogP contribution in [-0.4, -0.2) is 34.9 Å². The minimum Gasteiger partial charge on any atom is -0.455 e. The molecular formula is C27H36N4O3S. The van der Waals surface area contributed by atoms with Gasteiger partial charge in [-0.15, -0.1) is 11.3 Å². The number of amidine groups is 1. The number of nitrogens with zero attached hydrogens (tertiary/aromatic N) is 2. The standard InChI is InChI=1S/C27H36N4O3S/c1-5-6-7-25(34-23-14-10-21(11-15-23)27(28)31-32)33-22-12-8-20(9-13-22)26-24(35-19(4)30-26)16-17-29-18(2)3/h8-15,18,25,29,32H,5-7,16-17H2,1-4H3,(H2,28,31). The maximum atomic E-state index is 8.84. The van der Waals surface area contributed by atoms with Crippen molar-refractivity contribution in [3.05, 3.63) is 64.0 Å². The highest BCUT2D eigenvalue weighted by atomic mass is 32.1. The monoisotopic (exact) mass is 496 g/mol. The zero-order chi connectivity index (χ0) is 25.2. The number of aryl methyl sites for hydroxylation is 1. The van der Waals surface area contributed by atoms with Crippen LogP contribution in [-0.2, 0) is 6.42 Å². The summed E-state index contributed by atoms with van der Waals surface area (Å²) in [4.78, 5) is 6.08.